The molecule has 1 N–H and O–H groups in total. The maximum Gasteiger partial charge on any atom is 0.416 e. The quantitative estimate of drug-likeness (QED) is 0.247. The van der Waals surface area contributed by atoms with Crippen LogP contribution >= 0.6 is 0 Å². The van der Waals surface area contributed by atoms with Crippen LogP contribution in [-0.4, -0.2) is 35.9 Å². The lowest BCUT2D eigenvalue weighted by atomic mass is 9.94. The molecule has 6 nitrogen and oxygen atoms in total. The number of rotatable bonds is 11. The Labute approximate surface area is 209 Å². The van der Waals surface area contributed by atoms with Gasteiger partial charge in [0.05, 0.1) is 25.0 Å². The van der Waals surface area contributed by atoms with Crippen LogP contribution in [0.3, 0.4) is 0 Å². The van der Waals surface area contributed by atoms with E-state index in [1.807, 2.05) is 17.6 Å². The Morgan fingerprint density at radius 1 is 1.11 bits per heavy atom. The minimum atomic E-state index is -4.41. The molecule has 0 aliphatic carbocycles. The van der Waals surface area contributed by atoms with Crippen molar-refractivity contribution in [2.45, 2.75) is 52.3 Å². The summed E-state index contributed by atoms with van der Waals surface area (Å²) in [6.45, 7) is 4.43. The molecule has 0 amide bonds. The van der Waals surface area contributed by atoms with E-state index in [-0.39, 0.29) is 12.4 Å². The first-order valence-electron chi connectivity index (χ1n) is 11.7. The summed E-state index contributed by atoms with van der Waals surface area (Å²) >= 11 is 0. The number of nitrogens with zero attached hydrogens (tertiary/aromatic N) is 2. The maximum atomic E-state index is 13.0. The lowest BCUT2D eigenvalue weighted by molar-refractivity contribution is -0.137. The van der Waals surface area contributed by atoms with Crippen molar-refractivity contribution in [3.63, 3.8) is 0 Å². The molecule has 1 heterocycles. The van der Waals surface area contributed by atoms with Gasteiger partial charge in [-0.3, -0.25) is 4.18 Å². The zero-order valence-corrected chi connectivity index (χ0v) is 21.4. The lowest BCUT2D eigenvalue weighted by Crippen LogP contribution is -2.09. The van der Waals surface area contributed by atoms with Crippen LogP contribution in [0.25, 0.3) is 11.4 Å². The molecule has 0 radical (unpaired) electrons. The number of alkyl halides is 3. The van der Waals surface area contributed by atoms with Gasteiger partial charge in [0.2, 0.25) is 0 Å². The molecule has 0 spiro atoms. The fourth-order valence-electron chi connectivity index (χ4n) is 4.08. The summed E-state index contributed by atoms with van der Waals surface area (Å²) in [6, 6.07) is 10.3. The normalized spacial score (nSPS) is 13.2. The second kappa shape index (κ2) is 11.5. The Morgan fingerprint density at radius 2 is 1.81 bits per heavy atom. The fourth-order valence-corrected chi connectivity index (χ4v) is 4.50. The highest BCUT2D eigenvalue weighted by molar-refractivity contribution is 7.85. The molecule has 10 heteroatoms. The first-order chi connectivity index (χ1) is 16.8. The Morgan fingerprint density at radius 3 is 2.44 bits per heavy atom. The van der Waals surface area contributed by atoms with Gasteiger partial charge < -0.3 is 9.67 Å². The highest BCUT2D eigenvalue weighted by Gasteiger charge is 2.30. The van der Waals surface area contributed by atoms with Gasteiger partial charge in [0.25, 0.3) is 10.1 Å². The molecule has 0 bridgehead atoms. The van der Waals surface area contributed by atoms with Gasteiger partial charge in [-0.1, -0.05) is 31.2 Å². The van der Waals surface area contributed by atoms with Crippen molar-refractivity contribution in [3.05, 3.63) is 71.0 Å². The molecular weight excluding hydrogens is 493 g/mol. The molecule has 0 saturated heterocycles. The zero-order valence-electron chi connectivity index (χ0n) is 20.5. The van der Waals surface area contributed by atoms with Gasteiger partial charge in [0, 0.05) is 23.0 Å². The SMILES string of the molecule is Cc1cnc(-c2ccc(C(F)(F)F)cc2)n1Cc1c(O)cccc1CC[C@H](C)CCCOS(C)(=O)=O. The Hall–Kier alpha value is -2.85. The van der Waals surface area contributed by atoms with Crippen molar-refractivity contribution in [2.24, 2.45) is 5.92 Å². The predicted molar refractivity (Wildman–Crippen MR) is 132 cm³/mol. The smallest absolute Gasteiger partial charge is 0.416 e. The van der Waals surface area contributed by atoms with E-state index in [1.54, 1.807) is 18.3 Å². The second-order valence-electron chi connectivity index (χ2n) is 9.11. The minimum Gasteiger partial charge on any atom is -0.508 e. The Kier molecular flexibility index (Phi) is 8.84. The molecule has 3 rings (SSSR count). The average Bonchev–Trinajstić information content (AvgIpc) is 3.16. The molecule has 36 heavy (non-hydrogen) atoms. The summed E-state index contributed by atoms with van der Waals surface area (Å²) in [6.07, 6.45) is 1.27. The molecule has 3 aromatic rings. The van der Waals surface area contributed by atoms with Crippen LogP contribution in [0.1, 0.15) is 48.6 Å². The van der Waals surface area contributed by atoms with Crippen LogP contribution in [0.15, 0.2) is 48.7 Å². The van der Waals surface area contributed by atoms with Crippen molar-refractivity contribution >= 4 is 10.1 Å². The van der Waals surface area contributed by atoms with E-state index in [0.717, 1.165) is 48.1 Å². The van der Waals surface area contributed by atoms with Gasteiger partial charge in [-0.2, -0.15) is 21.6 Å². The third-order valence-corrected chi connectivity index (χ3v) is 6.73. The van der Waals surface area contributed by atoms with Gasteiger partial charge in [-0.15, -0.1) is 0 Å². The Bertz CT molecular complexity index is 1270. The topological polar surface area (TPSA) is 81.4 Å². The van der Waals surface area contributed by atoms with Gasteiger partial charge in [-0.05, 0) is 62.3 Å². The number of hydrogen-bond donors (Lipinski definition) is 1. The third-order valence-electron chi connectivity index (χ3n) is 6.14. The number of hydrogen-bond acceptors (Lipinski definition) is 5. The first kappa shape index (κ1) is 27.7. The van der Waals surface area contributed by atoms with Crippen molar-refractivity contribution in [1.82, 2.24) is 9.55 Å². The fraction of sp³-hybridized carbons (Fsp3) is 0.423. The number of phenols is 1. The van der Waals surface area contributed by atoms with Crippen molar-refractivity contribution in [3.8, 4) is 17.1 Å². The summed E-state index contributed by atoms with van der Waals surface area (Å²) in [5.41, 5.74) is 2.36. The molecule has 1 atom stereocenters. The van der Waals surface area contributed by atoms with Crippen LogP contribution in [-0.2, 0) is 33.4 Å². The standard InChI is InChI=1S/C26H31F3N2O4S/c1-18(6-5-15-35-36(3,33)34)9-10-20-7-4-8-24(32)23(20)17-31-19(2)16-30-25(31)21-11-13-22(14-12-21)26(27,28)29/h4,7-8,11-14,16,18,32H,5-6,9-10,15,17H2,1-3H3/t18-/m1/s1. The minimum absolute atomic E-state index is 0.146. The van der Waals surface area contributed by atoms with Crippen molar-refractivity contribution < 1.29 is 30.9 Å². The van der Waals surface area contributed by atoms with Gasteiger partial charge in [-0.25, -0.2) is 4.98 Å². The van der Waals surface area contributed by atoms with Crippen LogP contribution in [0, 0.1) is 12.8 Å². The molecule has 0 saturated carbocycles. The van der Waals surface area contributed by atoms with Crippen LogP contribution in [0.4, 0.5) is 13.2 Å². The molecule has 0 aliphatic heterocycles. The number of phenolic OH excluding ortho intramolecular Hbond substituents is 1. The number of aromatic hydroxyl groups is 1. The predicted octanol–water partition coefficient (Wildman–Crippen LogP) is 5.96. The monoisotopic (exact) mass is 524 g/mol. The molecule has 196 valence electrons. The highest BCUT2D eigenvalue weighted by atomic mass is 32.2. The molecule has 2 aromatic carbocycles. The number of halogens is 3. The lowest BCUT2D eigenvalue weighted by Gasteiger charge is -2.17. The summed E-state index contributed by atoms with van der Waals surface area (Å²) in [5.74, 6) is 0.990. The van der Waals surface area contributed by atoms with E-state index < -0.39 is 21.9 Å². The van der Waals surface area contributed by atoms with E-state index in [2.05, 4.69) is 11.9 Å². The van der Waals surface area contributed by atoms with Gasteiger partial charge >= 0.3 is 6.18 Å². The van der Waals surface area contributed by atoms with E-state index in [0.29, 0.717) is 36.7 Å². The van der Waals surface area contributed by atoms with Crippen LogP contribution in [0.2, 0.25) is 0 Å². The third kappa shape index (κ3) is 7.57. The largest absolute Gasteiger partial charge is 0.508 e. The number of aromatic nitrogens is 2. The van der Waals surface area contributed by atoms with E-state index in [4.69, 9.17) is 4.18 Å². The van der Waals surface area contributed by atoms with E-state index in [1.165, 1.54) is 12.1 Å². The number of aryl methyl sites for hydroxylation is 2. The molecule has 0 unspecified atom stereocenters. The summed E-state index contributed by atoms with van der Waals surface area (Å²) in [7, 11) is -3.43. The maximum absolute atomic E-state index is 13.0. The summed E-state index contributed by atoms with van der Waals surface area (Å²) in [5, 5.41) is 10.7. The van der Waals surface area contributed by atoms with Crippen LogP contribution in [0.5, 0.6) is 5.75 Å². The molecular formula is C26H31F3N2O4S. The zero-order chi connectivity index (χ0) is 26.5. The Balaban J connectivity index is 1.74. The molecule has 1 aromatic heterocycles. The average molecular weight is 525 g/mol. The molecule has 0 fully saturated rings. The number of benzene rings is 2. The summed E-state index contributed by atoms with van der Waals surface area (Å²) in [4.78, 5) is 4.41. The van der Waals surface area contributed by atoms with Gasteiger partial charge in [0.1, 0.15) is 11.6 Å². The van der Waals surface area contributed by atoms with E-state index >= 15 is 0 Å². The number of imidazole rings is 1. The van der Waals surface area contributed by atoms with Gasteiger partial charge in [0.15, 0.2) is 0 Å². The van der Waals surface area contributed by atoms with Crippen molar-refractivity contribution in [1.29, 1.82) is 0 Å². The first-order valence-corrected chi connectivity index (χ1v) is 13.5. The summed E-state index contributed by atoms with van der Waals surface area (Å²) < 4.78 is 67.7. The second-order valence-corrected chi connectivity index (χ2v) is 10.8. The van der Waals surface area contributed by atoms with Crippen LogP contribution < -0.4 is 0 Å². The van der Waals surface area contributed by atoms with Crippen molar-refractivity contribution in [2.75, 3.05) is 12.9 Å². The molecule has 0 aliphatic rings. The van der Waals surface area contributed by atoms with E-state index in [9.17, 15) is 26.7 Å². The highest BCUT2D eigenvalue weighted by Crippen LogP contribution is 2.32.